The fourth-order valence-electron chi connectivity index (χ4n) is 3.32. The molecule has 1 aliphatic rings. The van der Waals surface area contributed by atoms with Gasteiger partial charge >= 0.3 is 0 Å². The van der Waals surface area contributed by atoms with Gasteiger partial charge in [0.15, 0.2) is 5.78 Å². The molecule has 168 valence electrons. The van der Waals surface area contributed by atoms with Gasteiger partial charge in [0.25, 0.3) is 5.69 Å². The Balaban J connectivity index is 0.00000240. The van der Waals surface area contributed by atoms with Gasteiger partial charge in [0.05, 0.1) is 11.5 Å². The van der Waals surface area contributed by atoms with Crippen molar-refractivity contribution >= 4 is 47.9 Å². The summed E-state index contributed by atoms with van der Waals surface area (Å²) in [7, 11) is 0. The fraction of sp³-hybridized carbons (Fsp3) is 0.333. The zero-order valence-electron chi connectivity index (χ0n) is 17.2. The molecule has 1 saturated heterocycles. The maximum atomic E-state index is 12.5. The van der Waals surface area contributed by atoms with E-state index in [0.29, 0.717) is 17.8 Å². The highest BCUT2D eigenvalue weighted by molar-refractivity contribution is 5.98. The molecule has 2 aromatic carbocycles. The van der Waals surface area contributed by atoms with Crippen LogP contribution in [0, 0.1) is 10.1 Å². The predicted molar refractivity (Wildman–Crippen MR) is 124 cm³/mol. The van der Waals surface area contributed by atoms with Crippen LogP contribution in [0.5, 0.6) is 0 Å². The zero-order valence-corrected chi connectivity index (χ0v) is 18.8. The third-order valence-corrected chi connectivity index (χ3v) is 4.91. The lowest BCUT2D eigenvalue weighted by Crippen LogP contribution is -2.47. The van der Waals surface area contributed by atoms with Gasteiger partial charge in [0, 0.05) is 63.0 Å². The Labute approximate surface area is 193 Å². The molecule has 1 fully saturated rings. The number of nitro benzene ring substituents is 1. The first-order valence-corrected chi connectivity index (χ1v) is 9.49. The predicted octanol–water partition coefficient (Wildman–Crippen LogP) is 3.40. The first kappa shape index (κ1) is 26.5. The van der Waals surface area contributed by atoms with Crippen LogP contribution in [0.4, 0.5) is 11.4 Å². The van der Waals surface area contributed by atoms with E-state index in [2.05, 4.69) is 15.1 Å². The van der Waals surface area contributed by atoms with Gasteiger partial charge in [-0.15, -0.1) is 24.8 Å². The number of non-ortho nitro benzene ring substituents is 1. The minimum atomic E-state index is -0.396. The van der Waals surface area contributed by atoms with E-state index in [-0.39, 0.29) is 42.2 Å². The summed E-state index contributed by atoms with van der Waals surface area (Å²) >= 11 is 0. The number of ketones is 1. The number of nitrogens with zero attached hydrogens (tertiary/aromatic N) is 3. The minimum Gasteiger partial charge on any atom is -0.326 e. The summed E-state index contributed by atoms with van der Waals surface area (Å²) < 4.78 is 0. The third kappa shape index (κ3) is 7.91. The number of carbonyl (C=O) groups is 2. The van der Waals surface area contributed by atoms with E-state index in [1.54, 1.807) is 36.4 Å². The molecular weight excluding hydrogens is 443 g/mol. The van der Waals surface area contributed by atoms with Crippen LogP contribution in [-0.2, 0) is 11.3 Å². The Morgan fingerprint density at radius 2 is 1.48 bits per heavy atom. The second-order valence-electron chi connectivity index (χ2n) is 7.16. The second kappa shape index (κ2) is 12.4. The zero-order chi connectivity index (χ0) is 20.8. The number of nitrogens with one attached hydrogen (secondary N) is 1. The van der Waals surface area contributed by atoms with Gasteiger partial charge in [-0.2, -0.15) is 0 Å². The van der Waals surface area contributed by atoms with Crippen LogP contribution in [0.2, 0.25) is 0 Å². The first-order chi connectivity index (χ1) is 13.9. The summed E-state index contributed by atoms with van der Waals surface area (Å²) in [5, 5.41) is 13.4. The molecule has 1 N–H and O–H groups in total. The van der Waals surface area contributed by atoms with E-state index in [0.717, 1.165) is 38.3 Å². The van der Waals surface area contributed by atoms with Gasteiger partial charge in [0.2, 0.25) is 5.91 Å². The van der Waals surface area contributed by atoms with Crippen LogP contribution in [0.25, 0.3) is 0 Å². The molecule has 3 rings (SSSR count). The highest BCUT2D eigenvalue weighted by Crippen LogP contribution is 2.15. The molecule has 0 spiro atoms. The second-order valence-corrected chi connectivity index (χ2v) is 7.16. The highest BCUT2D eigenvalue weighted by atomic mass is 35.5. The van der Waals surface area contributed by atoms with Gasteiger partial charge in [-0.1, -0.05) is 12.1 Å². The number of carbonyl (C=O) groups excluding carboxylic acids is 2. The van der Waals surface area contributed by atoms with Crippen molar-refractivity contribution in [1.82, 2.24) is 9.80 Å². The Bertz CT molecular complexity index is 883. The Kier molecular flexibility index (Phi) is 10.6. The molecule has 0 atom stereocenters. The van der Waals surface area contributed by atoms with Crippen LogP contribution < -0.4 is 5.32 Å². The van der Waals surface area contributed by atoms with Gasteiger partial charge in [-0.3, -0.25) is 29.5 Å². The molecule has 1 heterocycles. The molecule has 10 heteroatoms. The number of anilines is 1. The van der Waals surface area contributed by atoms with E-state index < -0.39 is 4.92 Å². The van der Waals surface area contributed by atoms with Crippen molar-refractivity contribution in [3.05, 3.63) is 69.8 Å². The average molecular weight is 469 g/mol. The van der Waals surface area contributed by atoms with E-state index in [4.69, 9.17) is 0 Å². The average Bonchev–Trinajstić information content (AvgIpc) is 2.70. The summed E-state index contributed by atoms with van der Waals surface area (Å²) in [6.07, 6.45) is 0. The summed E-state index contributed by atoms with van der Waals surface area (Å²) in [6, 6.07) is 13.6. The molecule has 2 aromatic rings. The molecule has 1 amide bonds. The number of hydrogen-bond acceptors (Lipinski definition) is 6. The van der Waals surface area contributed by atoms with Crippen molar-refractivity contribution < 1.29 is 14.5 Å². The highest BCUT2D eigenvalue weighted by Gasteiger charge is 2.20. The molecule has 31 heavy (non-hydrogen) atoms. The van der Waals surface area contributed by atoms with Crippen LogP contribution >= 0.6 is 24.8 Å². The fourth-order valence-corrected chi connectivity index (χ4v) is 3.32. The van der Waals surface area contributed by atoms with Crippen LogP contribution in [0.15, 0.2) is 48.5 Å². The number of rotatable bonds is 7. The number of amides is 1. The minimum absolute atomic E-state index is 0. The Morgan fingerprint density at radius 1 is 0.935 bits per heavy atom. The molecular formula is C21H26Cl2N4O4. The van der Waals surface area contributed by atoms with Crippen molar-refractivity contribution in [1.29, 1.82) is 0 Å². The summed E-state index contributed by atoms with van der Waals surface area (Å²) in [5.74, 6) is -0.0844. The quantitative estimate of drug-likeness (QED) is 0.380. The van der Waals surface area contributed by atoms with Gasteiger partial charge in [-0.05, 0) is 29.8 Å². The Morgan fingerprint density at radius 3 is 2.00 bits per heavy atom. The first-order valence-electron chi connectivity index (χ1n) is 9.49. The number of benzene rings is 2. The van der Waals surface area contributed by atoms with E-state index in [9.17, 15) is 19.7 Å². The largest absolute Gasteiger partial charge is 0.326 e. The lowest BCUT2D eigenvalue weighted by Gasteiger charge is -2.34. The summed E-state index contributed by atoms with van der Waals surface area (Å²) in [4.78, 5) is 38.3. The number of hydrogen-bond donors (Lipinski definition) is 1. The van der Waals surface area contributed by atoms with Crippen molar-refractivity contribution in [3.63, 3.8) is 0 Å². The Hall–Kier alpha value is -2.52. The van der Waals surface area contributed by atoms with Crippen molar-refractivity contribution in [2.45, 2.75) is 13.5 Å². The summed E-state index contributed by atoms with van der Waals surface area (Å²) in [5.41, 5.74) is 2.45. The lowest BCUT2D eigenvalue weighted by atomic mass is 10.1. The molecule has 0 unspecified atom stereocenters. The maximum Gasteiger partial charge on any atom is 0.269 e. The molecule has 1 aliphatic heterocycles. The third-order valence-electron chi connectivity index (χ3n) is 4.91. The van der Waals surface area contributed by atoms with Gasteiger partial charge < -0.3 is 5.32 Å². The molecule has 0 aromatic heterocycles. The normalized spacial score (nSPS) is 14.1. The SMILES string of the molecule is CC(=O)Nc1ccc(C(=O)CN2CCN(Cc3ccc([N+](=O)[O-])cc3)CC2)cc1.Cl.Cl. The van der Waals surface area contributed by atoms with Gasteiger partial charge in [0.1, 0.15) is 0 Å². The van der Waals surface area contributed by atoms with E-state index in [1.165, 1.54) is 19.1 Å². The smallest absolute Gasteiger partial charge is 0.269 e. The number of Topliss-reactive ketones (excluding diaryl/α,β-unsaturated/α-hetero) is 1. The monoisotopic (exact) mass is 468 g/mol. The standard InChI is InChI=1S/C21H24N4O4.2ClH/c1-16(26)22-19-6-4-18(5-7-19)21(27)15-24-12-10-23(11-13-24)14-17-2-8-20(9-3-17)25(28)29;;/h2-9H,10-15H2,1H3,(H,22,26);2*1H. The van der Waals surface area contributed by atoms with E-state index in [1.807, 2.05) is 0 Å². The summed E-state index contributed by atoms with van der Waals surface area (Å²) in [6.45, 7) is 5.82. The molecule has 0 bridgehead atoms. The molecule has 8 nitrogen and oxygen atoms in total. The number of halogens is 2. The molecule has 0 aliphatic carbocycles. The van der Waals surface area contributed by atoms with Crippen LogP contribution in [-0.4, -0.2) is 59.1 Å². The number of nitro groups is 1. The molecule has 0 radical (unpaired) electrons. The molecule has 0 saturated carbocycles. The number of piperazine rings is 1. The maximum absolute atomic E-state index is 12.5. The van der Waals surface area contributed by atoms with E-state index >= 15 is 0 Å². The van der Waals surface area contributed by atoms with Crippen molar-refractivity contribution in [2.75, 3.05) is 38.0 Å². The van der Waals surface area contributed by atoms with Crippen LogP contribution in [0.3, 0.4) is 0 Å². The van der Waals surface area contributed by atoms with Crippen molar-refractivity contribution in [3.8, 4) is 0 Å². The van der Waals surface area contributed by atoms with Gasteiger partial charge in [-0.25, -0.2) is 0 Å². The van der Waals surface area contributed by atoms with Crippen molar-refractivity contribution in [2.24, 2.45) is 0 Å². The lowest BCUT2D eigenvalue weighted by molar-refractivity contribution is -0.384. The topological polar surface area (TPSA) is 95.8 Å². The van der Waals surface area contributed by atoms with Crippen LogP contribution in [0.1, 0.15) is 22.8 Å².